The van der Waals surface area contributed by atoms with Crippen molar-refractivity contribution in [1.29, 1.82) is 0 Å². The fourth-order valence-corrected chi connectivity index (χ4v) is 4.15. The van der Waals surface area contributed by atoms with Crippen molar-refractivity contribution in [2.75, 3.05) is 13.2 Å². The molecule has 0 aliphatic heterocycles. The van der Waals surface area contributed by atoms with Crippen LogP contribution < -0.4 is 0 Å². The van der Waals surface area contributed by atoms with Crippen molar-refractivity contribution >= 4 is 22.7 Å². The molecule has 0 atom stereocenters. The minimum Gasteiger partial charge on any atom is -0.396 e. The second kappa shape index (κ2) is 7.04. The first-order valence-electron chi connectivity index (χ1n) is 6.21. The molecule has 0 spiro atoms. The van der Waals surface area contributed by atoms with Gasteiger partial charge in [0.2, 0.25) is 0 Å². The summed E-state index contributed by atoms with van der Waals surface area (Å²) in [6, 6.07) is 4.32. The van der Waals surface area contributed by atoms with Crippen molar-refractivity contribution < 1.29 is 10.2 Å². The van der Waals surface area contributed by atoms with Crippen LogP contribution in [-0.2, 0) is 12.8 Å². The highest BCUT2D eigenvalue weighted by Crippen LogP contribution is 2.37. The van der Waals surface area contributed by atoms with Crippen LogP contribution in [0.1, 0.15) is 24.0 Å². The van der Waals surface area contributed by atoms with Gasteiger partial charge in [-0.15, -0.1) is 22.7 Å². The zero-order valence-corrected chi connectivity index (χ0v) is 11.9. The van der Waals surface area contributed by atoms with E-state index in [0.717, 1.165) is 25.7 Å². The van der Waals surface area contributed by atoms with E-state index in [9.17, 15) is 0 Å². The number of thiophene rings is 2. The third kappa shape index (κ3) is 3.20. The minimum absolute atomic E-state index is 0.247. The molecule has 2 nitrogen and oxygen atoms in total. The van der Waals surface area contributed by atoms with Gasteiger partial charge in [-0.2, -0.15) is 0 Å². The molecule has 0 amide bonds. The van der Waals surface area contributed by atoms with Crippen molar-refractivity contribution in [3.05, 3.63) is 34.0 Å². The summed E-state index contributed by atoms with van der Waals surface area (Å²) >= 11 is 3.54. The van der Waals surface area contributed by atoms with E-state index in [1.54, 1.807) is 22.7 Å². The Bertz CT molecular complexity index is 429. The largest absolute Gasteiger partial charge is 0.396 e. The fourth-order valence-electron chi connectivity index (χ4n) is 2.00. The van der Waals surface area contributed by atoms with Gasteiger partial charge in [-0.3, -0.25) is 0 Å². The highest BCUT2D eigenvalue weighted by molar-refractivity contribution is 7.20. The van der Waals surface area contributed by atoms with Crippen LogP contribution in [0.25, 0.3) is 9.75 Å². The van der Waals surface area contributed by atoms with Crippen LogP contribution >= 0.6 is 22.7 Å². The lowest BCUT2D eigenvalue weighted by Crippen LogP contribution is -1.92. The Hall–Kier alpha value is -0.680. The Labute approximate surface area is 116 Å². The topological polar surface area (TPSA) is 40.5 Å². The van der Waals surface area contributed by atoms with E-state index in [-0.39, 0.29) is 13.2 Å². The summed E-state index contributed by atoms with van der Waals surface area (Å²) in [5, 5.41) is 22.1. The maximum Gasteiger partial charge on any atom is 0.0477 e. The van der Waals surface area contributed by atoms with Crippen molar-refractivity contribution in [2.45, 2.75) is 25.7 Å². The van der Waals surface area contributed by atoms with E-state index in [1.165, 1.54) is 20.9 Å². The van der Waals surface area contributed by atoms with Crippen LogP contribution in [-0.4, -0.2) is 23.4 Å². The maximum absolute atomic E-state index is 8.94. The molecule has 0 saturated heterocycles. The number of aliphatic hydroxyl groups is 2. The highest BCUT2D eigenvalue weighted by atomic mass is 32.1. The third-order valence-corrected chi connectivity index (χ3v) is 4.99. The van der Waals surface area contributed by atoms with Gasteiger partial charge in [0.05, 0.1) is 0 Å². The SMILES string of the molecule is OCCCc1ccsc1-c1sccc1CCCO. The van der Waals surface area contributed by atoms with Gasteiger partial charge < -0.3 is 10.2 Å². The Kier molecular flexibility index (Phi) is 5.38. The van der Waals surface area contributed by atoms with Crippen LogP contribution in [0.3, 0.4) is 0 Å². The molecule has 0 fully saturated rings. The van der Waals surface area contributed by atoms with Gasteiger partial charge in [-0.1, -0.05) is 0 Å². The second-order valence-electron chi connectivity index (χ2n) is 4.20. The molecule has 0 unspecified atom stereocenters. The van der Waals surface area contributed by atoms with Crippen LogP contribution in [0.5, 0.6) is 0 Å². The van der Waals surface area contributed by atoms with Crippen LogP contribution in [0.15, 0.2) is 22.9 Å². The van der Waals surface area contributed by atoms with Crippen molar-refractivity contribution in [1.82, 2.24) is 0 Å². The molecule has 0 aromatic carbocycles. The molecule has 2 N–H and O–H groups in total. The van der Waals surface area contributed by atoms with E-state index in [4.69, 9.17) is 10.2 Å². The smallest absolute Gasteiger partial charge is 0.0477 e. The molecule has 2 aromatic heterocycles. The van der Waals surface area contributed by atoms with Crippen molar-refractivity contribution in [3.8, 4) is 9.75 Å². The van der Waals surface area contributed by atoms with Gasteiger partial charge in [0.15, 0.2) is 0 Å². The Balaban J connectivity index is 2.20. The third-order valence-electron chi connectivity index (χ3n) is 2.91. The maximum atomic E-state index is 8.94. The first-order chi connectivity index (χ1) is 8.86. The Morgan fingerprint density at radius 2 is 1.22 bits per heavy atom. The molecule has 98 valence electrons. The number of hydrogen-bond donors (Lipinski definition) is 2. The quantitative estimate of drug-likeness (QED) is 0.818. The average molecular weight is 282 g/mol. The lowest BCUT2D eigenvalue weighted by Gasteiger charge is -2.04. The van der Waals surface area contributed by atoms with Gasteiger partial charge in [-0.05, 0) is 59.7 Å². The zero-order chi connectivity index (χ0) is 12.8. The van der Waals surface area contributed by atoms with E-state index in [1.807, 2.05) is 0 Å². The summed E-state index contributed by atoms with van der Waals surface area (Å²) < 4.78 is 0. The summed E-state index contributed by atoms with van der Waals surface area (Å²) in [4.78, 5) is 2.68. The molecule has 0 bridgehead atoms. The number of hydrogen-bond acceptors (Lipinski definition) is 4. The van der Waals surface area contributed by atoms with E-state index in [0.29, 0.717) is 0 Å². The predicted molar refractivity (Wildman–Crippen MR) is 78.4 cm³/mol. The lowest BCUT2D eigenvalue weighted by atomic mass is 10.1. The zero-order valence-electron chi connectivity index (χ0n) is 10.3. The summed E-state index contributed by atoms with van der Waals surface area (Å²) in [5.74, 6) is 0. The second-order valence-corrected chi connectivity index (χ2v) is 6.04. The molecule has 18 heavy (non-hydrogen) atoms. The van der Waals surface area contributed by atoms with Gasteiger partial charge in [0.25, 0.3) is 0 Å². The van der Waals surface area contributed by atoms with Crippen LogP contribution in [0.4, 0.5) is 0 Å². The molecule has 0 saturated carbocycles. The summed E-state index contributed by atoms with van der Waals surface area (Å²) in [6.07, 6.45) is 3.52. The van der Waals surface area contributed by atoms with Gasteiger partial charge in [0, 0.05) is 23.0 Å². The first-order valence-corrected chi connectivity index (χ1v) is 7.97. The minimum atomic E-state index is 0.247. The van der Waals surface area contributed by atoms with E-state index >= 15 is 0 Å². The van der Waals surface area contributed by atoms with Crippen molar-refractivity contribution in [2.24, 2.45) is 0 Å². The molecule has 2 aromatic rings. The molecule has 2 heterocycles. The number of aryl methyl sites for hydroxylation is 2. The van der Waals surface area contributed by atoms with Gasteiger partial charge in [-0.25, -0.2) is 0 Å². The molecule has 0 aliphatic carbocycles. The molecule has 2 rings (SSSR count). The summed E-state index contributed by atoms with van der Waals surface area (Å²) in [6.45, 7) is 0.494. The van der Waals surface area contributed by atoms with E-state index in [2.05, 4.69) is 22.9 Å². The van der Waals surface area contributed by atoms with E-state index < -0.39 is 0 Å². The summed E-state index contributed by atoms with van der Waals surface area (Å²) in [7, 11) is 0. The normalized spacial score (nSPS) is 11.0. The summed E-state index contributed by atoms with van der Waals surface area (Å²) in [5.41, 5.74) is 2.67. The molecule has 0 radical (unpaired) electrons. The van der Waals surface area contributed by atoms with Crippen molar-refractivity contribution in [3.63, 3.8) is 0 Å². The molecular formula is C14H18O2S2. The Morgan fingerprint density at radius 3 is 1.61 bits per heavy atom. The van der Waals surface area contributed by atoms with Gasteiger partial charge in [0.1, 0.15) is 0 Å². The highest BCUT2D eigenvalue weighted by Gasteiger charge is 2.12. The standard InChI is InChI=1S/C14H18O2S2/c15-7-1-3-11-5-9-17-13(11)14-12(4-2-8-16)6-10-18-14/h5-6,9-10,15-16H,1-4,7-8H2. The van der Waals surface area contributed by atoms with Crippen LogP contribution in [0.2, 0.25) is 0 Å². The molecular weight excluding hydrogens is 264 g/mol. The number of aliphatic hydroxyl groups excluding tert-OH is 2. The molecule has 0 aliphatic rings. The van der Waals surface area contributed by atoms with Gasteiger partial charge >= 0.3 is 0 Å². The number of rotatable bonds is 7. The average Bonchev–Trinajstić information content (AvgIpc) is 3.01. The lowest BCUT2D eigenvalue weighted by molar-refractivity contribution is 0.288. The fraction of sp³-hybridized carbons (Fsp3) is 0.429. The monoisotopic (exact) mass is 282 g/mol. The van der Waals surface area contributed by atoms with Crippen LogP contribution in [0, 0.1) is 0 Å². The first kappa shape index (κ1) is 13.7. The molecule has 4 heteroatoms. The Morgan fingerprint density at radius 1 is 0.778 bits per heavy atom. The predicted octanol–water partition coefficient (Wildman–Crippen LogP) is 3.33.